The van der Waals surface area contributed by atoms with Crippen molar-refractivity contribution < 1.29 is 9.53 Å². The van der Waals surface area contributed by atoms with Crippen LogP contribution in [0.25, 0.3) is 0 Å². The van der Waals surface area contributed by atoms with E-state index in [4.69, 9.17) is 4.74 Å². The second kappa shape index (κ2) is 9.87. The molecule has 0 N–H and O–H groups in total. The highest BCUT2D eigenvalue weighted by molar-refractivity contribution is 7.84. The van der Waals surface area contributed by atoms with E-state index in [1.807, 2.05) is 36.1 Å². The van der Waals surface area contributed by atoms with E-state index in [9.17, 15) is 4.79 Å². The van der Waals surface area contributed by atoms with Gasteiger partial charge in [0.15, 0.2) is 0 Å². The maximum Gasteiger partial charge on any atom is 0.331 e. The lowest BCUT2D eigenvalue weighted by Crippen LogP contribution is -2.31. The summed E-state index contributed by atoms with van der Waals surface area (Å²) in [6.45, 7) is -1.87. The first-order chi connectivity index (χ1) is 16.7. The van der Waals surface area contributed by atoms with Crippen molar-refractivity contribution in [2.45, 2.75) is 24.6 Å². The third-order valence-corrected chi connectivity index (χ3v) is 12.0. The van der Waals surface area contributed by atoms with Crippen LogP contribution in [0.15, 0.2) is 121 Å². The predicted octanol–water partition coefficient (Wildman–Crippen LogP) is 6.61. The monoisotopic (exact) mass is 464 g/mol. The van der Waals surface area contributed by atoms with E-state index in [-0.39, 0.29) is 17.7 Å². The maximum atomic E-state index is 13.5. The summed E-state index contributed by atoms with van der Waals surface area (Å²) in [5.41, 5.74) is 3.56. The molecule has 0 aromatic heterocycles. The molecule has 1 aliphatic rings. The lowest BCUT2D eigenvalue weighted by Gasteiger charge is -2.43. The minimum absolute atomic E-state index is 0.223. The molecule has 3 heteroatoms. The van der Waals surface area contributed by atoms with Crippen LogP contribution in [0.5, 0.6) is 0 Å². The fourth-order valence-corrected chi connectivity index (χ4v) is 10.7. The number of hydrogen-bond donors (Lipinski definition) is 0. The minimum Gasteiger partial charge on any atom is -0.458 e. The SMILES string of the molecule is O=C(C=P1(c2ccccc2)CCCC1(c1ccccc1)c1ccccc1)OCc1ccccc1. The Hall–Kier alpha value is -3.35. The van der Waals surface area contributed by atoms with Crippen molar-refractivity contribution in [3.8, 4) is 0 Å². The van der Waals surface area contributed by atoms with Gasteiger partial charge in [-0.25, -0.2) is 4.79 Å². The Kier molecular flexibility index (Phi) is 6.52. The van der Waals surface area contributed by atoms with E-state index in [1.165, 1.54) is 16.4 Å². The van der Waals surface area contributed by atoms with E-state index in [0.29, 0.717) is 0 Å². The zero-order valence-electron chi connectivity index (χ0n) is 19.2. The molecule has 0 spiro atoms. The Bertz CT molecular complexity index is 1240. The van der Waals surface area contributed by atoms with E-state index in [0.717, 1.165) is 24.6 Å². The summed E-state index contributed by atoms with van der Waals surface area (Å²) in [6, 6.07) is 42.1. The fraction of sp³-hybridized carbons (Fsp3) is 0.161. The van der Waals surface area contributed by atoms with Crippen molar-refractivity contribution in [2.24, 2.45) is 0 Å². The molecule has 0 bridgehead atoms. The number of hydrogen-bond acceptors (Lipinski definition) is 2. The molecule has 1 heterocycles. The molecule has 5 rings (SSSR count). The summed E-state index contributed by atoms with van der Waals surface area (Å²) in [6.07, 6.45) is 3.06. The highest BCUT2D eigenvalue weighted by Gasteiger charge is 2.51. The van der Waals surface area contributed by atoms with Crippen LogP contribution >= 0.6 is 6.89 Å². The molecule has 1 unspecified atom stereocenters. The molecule has 1 atom stereocenters. The first-order valence-electron chi connectivity index (χ1n) is 11.9. The maximum absolute atomic E-state index is 13.5. The van der Waals surface area contributed by atoms with Gasteiger partial charge in [-0.2, -0.15) is 0 Å². The van der Waals surface area contributed by atoms with Crippen LogP contribution in [0.4, 0.5) is 0 Å². The Balaban J connectivity index is 1.70. The van der Waals surface area contributed by atoms with Crippen LogP contribution in [-0.4, -0.2) is 17.9 Å². The lowest BCUT2D eigenvalue weighted by molar-refractivity contribution is -0.136. The van der Waals surface area contributed by atoms with Crippen LogP contribution in [0, 0.1) is 0 Å². The Morgan fingerprint density at radius 1 is 0.735 bits per heavy atom. The highest BCUT2D eigenvalue weighted by atomic mass is 31.2. The number of rotatable bonds is 6. The molecule has 1 fully saturated rings. The van der Waals surface area contributed by atoms with Crippen molar-refractivity contribution in [1.82, 2.24) is 0 Å². The molecule has 4 aromatic carbocycles. The highest BCUT2D eigenvalue weighted by Crippen LogP contribution is 2.72. The summed E-state index contributed by atoms with van der Waals surface area (Å²) in [5, 5.41) is 1.000. The summed E-state index contributed by atoms with van der Waals surface area (Å²) >= 11 is 0. The molecule has 170 valence electrons. The summed E-state index contributed by atoms with van der Waals surface area (Å²) in [5.74, 6) is 1.76. The third-order valence-electron chi connectivity index (χ3n) is 7.00. The molecule has 0 saturated carbocycles. The quantitative estimate of drug-likeness (QED) is 0.237. The molecule has 0 amide bonds. The minimum atomic E-state index is -2.16. The van der Waals surface area contributed by atoms with Crippen LogP contribution in [0.2, 0.25) is 0 Å². The van der Waals surface area contributed by atoms with E-state index < -0.39 is 6.89 Å². The van der Waals surface area contributed by atoms with Gasteiger partial charge in [0.1, 0.15) is 6.61 Å². The van der Waals surface area contributed by atoms with Gasteiger partial charge in [-0.1, -0.05) is 128 Å². The zero-order chi connectivity index (χ0) is 23.3. The standard InChI is InChI=1S/C31H29O2P/c32-30(33-24-26-14-5-1-6-15-26)25-34(29-20-11-4-12-21-29)23-13-22-31(34,27-16-7-2-8-17-27)28-18-9-3-10-19-28/h1-12,14-21,25H,13,22-24H2. The van der Waals surface area contributed by atoms with Crippen molar-refractivity contribution in [2.75, 3.05) is 6.16 Å². The molecule has 2 nitrogen and oxygen atoms in total. The second-order valence-corrected chi connectivity index (χ2v) is 12.6. The molecule has 1 aliphatic heterocycles. The van der Waals surface area contributed by atoms with Gasteiger partial charge in [0.05, 0.1) is 0 Å². The Labute approximate surface area is 202 Å². The number of carbonyl (C=O) groups is 1. The van der Waals surface area contributed by atoms with Gasteiger partial charge in [-0.3, -0.25) is 0 Å². The van der Waals surface area contributed by atoms with Gasteiger partial charge in [0.25, 0.3) is 0 Å². The topological polar surface area (TPSA) is 26.3 Å². The lowest BCUT2D eigenvalue weighted by atomic mass is 9.87. The van der Waals surface area contributed by atoms with Crippen molar-refractivity contribution >= 4 is 24.0 Å². The predicted molar refractivity (Wildman–Crippen MR) is 143 cm³/mol. The summed E-state index contributed by atoms with van der Waals surface area (Å²) in [4.78, 5) is 13.5. The molecular formula is C31H29O2P. The average Bonchev–Trinajstić information content (AvgIpc) is 3.30. The van der Waals surface area contributed by atoms with Gasteiger partial charge >= 0.3 is 5.97 Å². The van der Waals surface area contributed by atoms with Gasteiger partial charge < -0.3 is 4.74 Å². The van der Waals surface area contributed by atoms with Gasteiger partial charge in [-0.05, 0) is 41.0 Å². The van der Waals surface area contributed by atoms with E-state index in [2.05, 4.69) is 91.0 Å². The second-order valence-electron chi connectivity index (χ2n) is 8.85. The normalized spacial score (nSPS) is 18.8. The molecule has 34 heavy (non-hydrogen) atoms. The largest absolute Gasteiger partial charge is 0.458 e. The Morgan fingerprint density at radius 2 is 1.24 bits per heavy atom. The van der Waals surface area contributed by atoms with Crippen LogP contribution < -0.4 is 5.30 Å². The van der Waals surface area contributed by atoms with Crippen LogP contribution in [-0.2, 0) is 21.3 Å². The van der Waals surface area contributed by atoms with Crippen molar-refractivity contribution in [3.63, 3.8) is 0 Å². The Morgan fingerprint density at radius 3 is 1.79 bits per heavy atom. The summed E-state index contributed by atoms with van der Waals surface area (Å²) in [7, 11) is 0. The summed E-state index contributed by atoms with van der Waals surface area (Å²) < 4.78 is 5.83. The molecule has 1 saturated heterocycles. The first kappa shape index (κ1) is 22.4. The molecule has 0 aliphatic carbocycles. The smallest absolute Gasteiger partial charge is 0.331 e. The van der Waals surface area contributed by atoms with Crippen molar-refractivity contribution in [1.29, 1.82) is 0 Å². The molecule has 0 radical (unpaired) electrons. The van der Waals surface area contributed by atoms with E-state index in [1.54, 1.807) is 0 Å². The number of esters is 1. The molecular weight excluding hydrogens is 435 g/mol. The molecule has 4 aromatic rings. The average molecular weight is 465 g/mol. The van der Waals surface area contributed by atoms with Crippen LogP contribution in [0.3, 0.4) is 0 Å². The van der Waals surface area contributed by atoms with Gasteiger partial charge in [-0.15, -0.1) is 0 Å². The first-order valence-corrected chi connectivity index (χ1v) is 13.9. The zero-order valence-corrected chi connectivity index (χ0v) is 20.1. The number of benzene rings is 4. The van der Waals surface area contributed by atoms with E-state index >= 15 is 0 Å². The third kappa shape index (κ3) is 4.04. The fourth-order valence-electron chi connectivity index (χ4n) is 5.56. The number of carbonyl (C=O) groups excluding carboxylic acids is 1. The van der Waals surface area contributed by atoms with Gasteiger partial charge in [0.2, 0.25) is 0 Å². The van der Waals surface area contributed by atoms with Crippen molar-refractivity contribution in [3.05, 3.63) is 138 Å². The van der Waals surface area contributed by atoms with Gasteiger partial charge in [0, 0.05) is 11.0 Å². The van der Waals surface area contributed by atoms with Crippen LogP contribution in [0.1, 0.15) is 29.5 Å². The number of ether oxygens (including phenoxy) is 1.